The van der Waals surface area contributed by atoms with Crippen LogP contribution in [0, 0.1) is 0 Å². The first-order chi connectivity index (χ1) is 14.4. The Bertz CT molecular complexity index is 883. The Morgan fingerprint density at radius 2 is 1.42 bits per heavy atom. The summed E-state index contributed by atoms with van der Waals surface area (Å²) in [6.07, 6.45) is 13.3. The van der Waals surface area contributed by atoms with Gasteiger partial charge in [0.05, 0.1) is 0 Å². The largest absolute Gasteiger partial charge is 1.00 e. The molecule has 0 fully saturated rings. The summed E-state index contributed by atoms with van der Waals surface area (Å²) in [6, 6.07) is 10.7. The van der Waals surface area contributed by atoms with Gasteiger partial charge in [0.25, 0.3) is 10.1 Å². The smallest absolute Gasteiger partial charge is 0.870 e. The van der Waals surface area contributed by atoms with Crippen molar-refractivity contribution in [1.29, 1.82) is 0 Å². The second-order valence-electron chi connectivity index (χ2n) is 7.74. The van der Waals surface area contributed by atoms with E-state index >= 15 is 0 Å². The molecule has 0 aliphatic heterocycles. The van der Waals surface area contributed by atoms with Crippen LogP contribution in [0.2, 0.25) is 0 Å². The third-order valence-corrected chi connectivity index (χ3v) is 6.07. The molecule has 31 heavy (non-hydrogen) atoms. The summed E-state index contributed by atoms with van der Waals surface area (Å²) in [5.41, 5.74) is 0.917. The molecule has 0 saturated heterocycles. The molecule has 2 aromatic rings. The first kappa shape index (κ1) is 28.0. The van der Waals surface area contributed by atoms with E-state index in [1.54, 1.807) is 24.3 Å². The first-order valence-electron chi connectivity index (χ1n) is 11.0. The summed E-state index contributed by atoms with van der Waals surface area (Å²) in [4.78, 5) is -0.336. The Balaban J connectivity index is 0.00000480. The van der Waals surface area contributed by atoms with Gasteiger partial charge in [-0.3, -0.25) is 4.55 Å². The van der Waals surface area contributed by atoms with E-state index in [4.69, 9.17) is 4.74 Å². The van der Waals surface area contributed by atoms with E-state index in [-0.39, 0.29) is 51.7 Å². The molecule has 2 aromatic carbocycles. The van der Waals surface area contributed by atoms with Gasteiger partial charge in [0.15, 0.2) is 0 Å². The predicted molar refractivity (Wildman–Crippen MR) is 118 cm³/mol. The Kier molecular flexibility index (Phi) is 13.5. The number of hydrogen-bond donors (Lipinski definition) is 1. The van der Waals surface area contributed by atoms with Gasteiger partial charge in [-0.05, 0) is 36.6 Å². The van der Waals surface area contributed by atoms with Gasteiger partial charge in [-0.1, -0.05) is 94.7 Å². The summed E-state index contributed by atoms with van der Waals surface area (Å²) in [5.74, 6) is -0.345. The quantitative estimate of drug-likeness (QED) is 0.268. The molecule has 0 spiro atoms. The molecule has 0 aliphatic carbocycles. The van der Waals surface area contributed by atoms with E-state index in [1.165, 1.54) is 69.6 Å². The van der Waals surface area contributed by atoms with Crippen LogP contribution in [-0.4, -0.2) is 13.0 Å². The standard InChI is InChI=1S/C24H34O5S.Na/c1-2-3-4-5-6-7-8-9-10-11-14-20-17-18-24(30(26,27)28)23(19-20)29-22-16-13-12-15-21(22)25;/h12-13,15-19,25H,2-11,14H2,1H3,(H,26,27,28);/q;+1/p-1. The zero-order valence-electron chi connectivity index (χ0n) is 18.8. The third-order valence-electron chi connectivity index (χ3n) is 5.17. The second kappa shape index (κ2) is 14.9. The van der Waals surface area contributed by atoms with Crippen molar-refractivity contribution < 1.29 is 52.4 Å². The molecule has 0 aliphatic rings. The van der Waals surface area contributed by atoms with E-state index in [9.17, 15) is 18.1 Å². The van der Waals surface area contributed by atoms with Crippen molar-refractivity contribution in [3.05, 3.63) is 48.0 Å². The van der Waals surface area contributed by atoms with Crippen LogP contribution in [0.15, 0.2) is 47.4 Å². The minimum atomic E-state index is -4.45. The molecule has 1 N–H and O–H groups in total. The third kappa shape index (κ3) is 10.4. The van der Waals surface area contributed by atoms with Crippen molar-refractivity contribution in [2.24, 2.45) is 0 Å². The van der Waals surface area contributed by atoms with E-state index in [1.807, 2.05) is 0 Å². The molecule has 0 radical (unpaired) electrons. The van der Waals surface area contributed by atoms with Gasteiger partial charge < -0.3 is 9.84 Å². The van der Waals surface area contributed by atoms with Crippen LogP contribution in [0.1, 0.15) is 76.7 Å². The minimum absolute atomic E-state index is 0. The molecular formula is C24H33NaO5S. The molecular weight excluding hydrogens is 423 g/mol. The molecule has 2 rings (SSSR count). The monoisotopic (exact) mass is 456 g/mol. The molecule has 0 amide bonds. The number of rotatable bonds is 14. The summed E-state index contributed by atoms with van der Waals surface area (Å²) >= 11 is 0. The fraction of sp³-hybridized carbons (Fsp3) is 0.500. The molecule has 166 valence electrons. The fourth-order valence-corrected chi connectivity index (χ4v) is 4.07. The summed E-state index contributed by atoms with van der Waals surface area (Å²) in [7, 11) is -4.45. The molecule has 0 heterocycles. The van der Waals surface area contributed by atoms with E-state index in [2.05, 4.69) is 6.92 Å². The van der Waals surface area contributed by atoms with Gasteiger partial charge in [-0.15, -0.1) is 0 Å². The zero-order valence-corrected chi connectivity index (χ0v) is 21.6. The van der Waals surface area contributed by atoms with Crippen molar-refractivity contribution in [3.63, 3.8) is 0 Å². The number of aryl methyl sites for hydroxylation is 1. The number of unbranched alkanes of at least 4 members (excludes halogenated alkanes) is 9. The number of para-hydroxylation sites is 2. The molecule has 0 atom stereocenters. The van der Waals surface area contributed by atoms with Crippen molar-refractivity contribution in [3.8, 4) is 17.2 Å². The van der Waals surface area contributed by atoms with Crippen molar-refractivity contribution in [1.82, 2.24) is 0 Å². The van der Waals surface area contributed by atoms with Crippen LogP contribution >= 0.6 is 0 Å². The van der Waals surface area contributed by atoms with E-state index in [0.717, 1.165) is 24.8 Å². The van der Waals surface area contributed by atoms with Crippen LogP contribution < -0.4 is 39.4 Å². The average molecular weight is 457 g/mol. The first-order valence-corrected chi connectivity index (χ1v) is 12.4. The molecule has 0 unspecified atom stereocenters. The molecule has 5 nitrogen and oxygen atoms in total. The topological polar surface area (TPSA) is 86.7 Å². The van der Waals surface area contributed by atoms with Crippen LogP contribution in [0.5, 0.6) is 17.2 Å². The second-order valence-corrected chi connectivity index (χ2v) is 9.13. The summed E-state index contributed by atoms with van der Waals surface area (Å²) in [5, 5.41) is 11.9. The molecule has 7 heteroatoms. The van der Waals surface area contributed by atoms with Crippen molar-refractivity contribution in [2.45, 2.75) is 82.4 Å². The Hall–Kier alpha value is -1.05. The predicted octanol–water partition coefficient (Wildman–Crippen LogP) is 3.27. The van der Waals surface area contributed by atoms with Crippen LogP contribution in [0.25, 0.3) is 0 Å². The van der Waals surface area contributed by atoms with Gasteiger partial charge in [0.2, 0.25) is 0 Å². The van der Waals surface area contributed by atoms with Gasteiger partial charge in [-0.2, -0.15) is 8.42 Å². The number of ether oxygens (including phenoxy) is 1. The fourth-order valence-electron chi connectivity index (χ4n) is 3.47. The summed E-state index contributed by atoms with van der Waals surface area (Å²) < 4.78 is 38.4. The Morgan fingerprint density at radius 3 is 2.00 bits per heavy atom. The van der Waals surface area contributed by atoms with E-state index < -0.39 is 10.1 Å². The Morgan fingerprint density at radius 1 is 0.839 bits per heavy atom. The molecule has 0 aromatic heterocycles. The normalized spacial score (nSPS) is 11.2. The van der Waals surface area contributed by atoms with Crippen LogP contribution in [0.3, 0.4) is 0 Å². The van der Waals surface area contributed by atoms with Gasteiger partial charge in [0.1, 0.15) is 16.4 Å². The van der Waals surface area contributed by atoms with Crippen LogP contribution in [0.4, 0.5) is 0 Å². The van der Waals surface area contributed by atoms with Crippen molar-refractivity contribution in [2.75, 3.05) is 0 Å². The SMILES string of the molecule is CCCCCCCCCCCCc1ccc(S(=O)(=O)O)c(Oc2ccccc2[O-])c1.[Na+]. The maximum Gasteiger partial charge on any atom is 1.00 e. The molecule has 0 bridgehead atoms. The van der Waals surface area contributed by atoms with Crippen molar-refractivity contribution >= 4 is 10.1 Å². The number of hydrogen-bond acceptors (Lipinski definition) is 4. The van der Waals surface area contributed by atoms with Crippen LogP contribution in [-0.2, 0) is 16.5 Å². The summed E-state index contributed by atoms with van der Waals surface area (Å²) in [6.45, 7) is 2.23. The van der Waals surface area contributed by atoms with Gasteiger partial charge in [-0.25, -0.2) is 0 Å². The van der Waals surface area contributed by atoms with Gasteiger partial charge in [0, 0.05) is 0 Å². The van der Waals surface area contributed by atoms with E-state index in [0.29, 0.717) is 0 Å². The molecule has 0 saturated carbocycles. The Labute approximate surface area is 209 Å². The minimum Gasteiger partial charge on any atom is -0.870 e. The average Bonchev–Trinajstić information content (AvgIpc) is 2.70. The zero-order chi connectivity index (χ0) is 21.8. The van der Waals surface area contributed by atoms with Gasteiger partial charge >= 0.3 is 29.6 Å². The maximum absolute atomic E-state index is 11.9. The number of benzene rings is 2. The maximum atomic E-state index is 11.9.